The summed E-state index contributed by atoms with van der Waals surface area (Å²) in [4.78, 5) is 10.4. The lowest BCUT2D eigenvalue weighted by molar-refractivity contribution is 0.112. The molecule has 72 valence electrons. The molecule has 0 aliphatic rings. The average Bonchev–Trinajstić information content (AvgIpc) is 2.21. The van der Waals surface area contributed by atoms with Gasteiger partial charge < -0.3 is 5.73 Å². The Morgan fingerprint density at radius 1 is 1.50 bits per heavy atom. The van der Waals surface area contributed by atoms with Crippen LogP contribution in [0, 0.1) is 17.7 Å². The van der Waals surface area contributed by atoms with Gasteiger partial charge in [0.05, 0.1) is 5.56 Å². The molecule has 0 amide bonds. The molecule has 1 rings (SSSR count). The van der Waals surface area contributed by atoms with E-state index in [0.717, 1.165) is 0 Å². The van der Waals surface area contributed by atoms with Crippen LogP contribution in [-0.2, 0) is 0 Å². The fraction of sp³-hybridized carbons (Fsp3) is 0.182. The highest BCUT2D eigenvalue weighted by atomic mass is 19.1. The Balaban J connectivity index is 2.96. The van der Waals surface area contributed by atoms with E-state index in [9.17, 15) is 9.18 Å². The van der Waals surface area contributed by atoms with Crippen LogP contribution >= 0.6 is 0 Å². The molecule has 0 fully saturated rings. The Hall–Kier alpha value is -1.66. The Labute approximate surface area is 81.9 Å². The zero-order chi connectivity index (χ0) is 10.4. The van der Waals surface area contributed by atoms with Crippen LogP contribution < -0.4 is 5.73 Å². The van der Waals surface area contributed by atoms with E-state index in [0.29, 0.717) is 24.8 Å². The first-order valence-electron chi connectivity index (χ1n) is 4.21. The van der Waals surface area contributed by atoms with Crippen molar-refractivity contribution in [3.63, 3.8) is 0 Å². The van der Waals surface area contributed by atoms with Gasteiger partial charge in [0.15, 0.2) is 0 Å². The van der Waals surface area contributed by atoms with Crippen LogP contribution in [0.5, 0.6) is 0 Å². The van der Waals surface area contributed by atoms with Gasteiger partial charge >= 0.3 is 0 Å². The fourth-order valence-corrected chi connectivity index (χ4v) is 0.942. The zero-order valence-electron chi connectivity index (χ0n) is 7.59. The summed E-state index contributed by atoms with van der Waals surface area (Å²) in [7, 11) is 0. The summed E-state index contributed by atoms with van der Waals surface area (Å²) >= 11 is 0. The van der Waals surface area contributed by atoms with Crippen molar-refractivity contribution in [2.24, 2.45) is 5.73 Å². The molecule has 0 bridgehead atoms. The molecule has 2 N–H and O–H groups in total. The first-order chi connectivity index (χ1) is 6.77. The van der Waals surface area contributed by atoms with Crippen LogP contribution in [0.4, 0.5) is 4.39 Å². The SMILES string of the molecule is NCCC#Cc1cc(C=O)ccc1F. The predicted octanol–water partition coefficient (Wildman–Crippen LogP) is 1.34. The Bertz CT molecular complexity index is 390. The van der Waals surface area contributed by atoms with Crippen molar-refractivity contribution < 1.29 is 9.18 Å². The molecule has 0 aromatic heterocycles. The summed E-state index contributed by atoms with van der Waals surface area (Å²) in [6.07, 6.45) is 1.18. The summed E-state index contributed by atoms with van der Waals surface area (Å²) in [5.41, 5.74) is 5.89. The minimum Gasteiger partial charge on any atom is -0.330 e. The molecule has 0 spiro atoms. The van der Waals surface area contributed by atoms with E-state index in [1.54, 1.807) is 0 Å². The average molecular weight is 191 g/mol. The van der Waals surface area contributed by atoms with E-state index in [2.05, 4.69) is 11.8 Å². The lowest BCUT2D eigenvalue weighted by Crippen LogP contribution is -1.95. The standard InChI is InChI=1S/C11H10FNO/c12-11-5-4-9(8-14)7-10(11)3-1-2-6-13/h4-5,7-8H,2,6,13H2. The van der Waals surface area contributed by atoms with Crippen LogP contribution in [0.2, 0.25) is 0 Å². The minimum absolute atomic E-state index is 0.239. The third kappa shape index (κ3) is 2.68. The topological polar surface area (TPSA) is 43.1 Å². The monoisotopic (exact) mass is 191 g/mol. The van der Waals surface area contributed by atoms with Crippen molar-refractivity contribution in [3.8, 4) is 11.8 Å². The maximum Gasteiger partial charge on any atom is 0.150 e. The van der Waals surface area contributed by atoms with Gasteiger partial charge in [-0.05, 0) is 18.2 Å². The van der Waals surface area contributed by atoms with Crippen LogP contribution in [0.25, 0.3) is 0 Å². The maximum absolute atomic E-state index is 13.1. The Morgan fingerprint density at radius 2 is 2.29 bits per heavy atom. The summed E-state index contributed by atoms with van der Waals surface area (Å²) in [5, 5.41) is 0. The number of carbonyl (C=O) groups is 1. The van der Waals surface area contributed by atoms with Gasteiger partial charge in [-0.1, -0.05) is 11.8 Å². The molecule has 0 saturated carbocycles. The molecule has 14 heavy (non-hydrogen) atoms. The second kappa shape index (κ2) is 5.15. The lowest BCUT2D eigenvalue weighted by atomic mass is 10.1. The van der Waals surface area contributed by atoms with E-state index in [4.69, 9.17) is 5.73 Å². The lowest BCUT2D eigenvalue weighted by Gasteiger charge is -1.94. The number of hydrogen-bond donors (Lipinski definition) is 1. The van der Waals surface area contributed by atoms with Crippen molar-refractivity contribution in [3.05, 3.63) is 35.1 Å². The number of nitrogens with two attached hydrogens (primary N) is 1. The number of benzene rings is 1. The number of rotatable bonds is 2. The summed E-state index contributed by atoms with van der Waals surface area (Å²) in [5.74, 6) is 4.92. The minimum atomic E-state index is -0.417. The number of hydrogen-bond acceptors (Lipinski definition) is 2. The molecule has 0 aliphatic carbocycles. The molecule has 1 aromatic carbocycles. The number of carbonyl (C=O) groups excluding carboxylic acids is 1. The van der Waals surface area contributed by atoms with Gasteiger partial charge in [0.2, 0.25) is 0 Å². The zero-order valence-corrected chi connectivity index (χ0v) is 7.59. The summed E-state index contributed by atoms with van der Waals surface area (Å²) in [6, 6.07) is 4.07. The van der Waals surface area contributed by atoms with Crippen molar-refractivity contribution in [1.29, 1.82) is 0 Å². The highest BCUT2D eigenvalue weighted by molar-refractivity contribution is 5.75. The highest BCUT2D eigenvalue weighted by Gasteiger charge is 1.99. The van der Waals surface area contributed by atoms with Gasteiger partial charge in [-0.2, -0.15) is 0 Å². The van der Waals surface area contributed by atoms with Gasteiger partial charge in [-0.15, -0.1) is 0 Å². The Morgan fingerprint density at radius 3 is 2.93 bits per heavy atom. The molecule has 3 heteroatoms. The first-order valence-corrected chi connectivity index (χ1v) is 4.21. The van der Waals surface area contributed by atoms with E-state index in [-0.39, 0.29) is 5.56 Å². The summed E-state index contributed by atoms with van der Waals surface area (Å²) in [6.45, 7) is 0.446. The fourth-order valence-electron chi connectivity index (χ4n) is 0.942. The van der Waals surface area contributed by atoms with Crippen LogP contribution in [0.1, 0.15) is 22.3 Å². The van der Waals surface area contributed by atoms with Crippen molar-refractivity contribution in [1.82, 2.24) is 0 Å². The molecular formula is C11H10FNO. The third-order valence-electron chi connectivity index (χ3n) is 1.62. The molecule has 0 saturated heterocycles. The van der Waals surface area contributed by atoms with Gasteiger partial charge in [0, 0.05) is 18.5 Å². The van der Waals surface area contributed by atoms with E-state index in [1.165, 1.54) is 18.2 Å². The van der Waals surface area contributed by atoms with Gasteiger partial charge in [-0.3, -0.25) is 4.79 Å². The number of halogens is 1. The van der Waals surface area contributed by atoms with Crippen LogP contribution in [0.3, 0.4) is 0 Å². The molecule has 0 unspecified atom stereocenters. The van der Waals surface area contributed by atoms with E-state index >= 15 is 0 Å². The molecule has 1 aromatic rings. The van der Waals surface area contributed by atoms with Crippen molar-refractivity contribution in [2.45, 2.75) is 6.42 Å². The molecule has 2 nitrogen and oxygen atoms in total. The van der Waals surface area contributed by atoms with Crippen LogP contribution in [0.15, 0.2) is 18.2 Å². The maximum atomic E-state index is 13.1. The second-order valence-corrected chi connectivity index (χ2v) is 2.70. The normalized spacial score (nSPS) is 9.00. The molecule has 0 atom stereocenters. The largest absolute Gasteiger partial charge is 0.330 e. The van der Waals surface area contributed by atoms with Crippen molar-refractivity contribution >= 4 is 6.29 Å². The summed E-state index contributed by atoms with van der Waals surface area (Å²) < 4.78 is 13.1. The quantitative estimate of drug-likeness (QED) is 0.566. The third-order valence-corrected chi connectivity index (χ3v) is 1.62. The smallest absolute Gasteiger partial charge is 0.150 e. The second-order valence-electron chi connectivity index (χ2n) is 2.70. The van der Waals surface area contributed by atoms with Crippen molar-refractivity contribution in [2.75, 3.05) is 6.54 Å². The number of aldehydes is 1. The molecule has 0 aliphatic heterocycles. The van der Waals surface area contributed by atoms with Crippen LogP contribution in [-0.4, -0.2) is 12.8 Å². The van der Waals surface area contributed by atoms with Gasteiger partial charge in [-0.25, -0.2) is 4.39 Å². The molecular weight excluding hydrogens is 181 g/mol. The first kappa shape index (κ1) is 10.4. The van der Waals surface area contributed by atoms with Gasteiger partial charge in [0.25, 0.3) is 0 Å². The Kier molecular flexibility index (Phi) is 3.84. The van der Waals surface area contributed by atoms with Gasteiger partial charge in [0.1, 0.15) is 12.1 Å². The van der Waals surface area contributed by atoms with E-state index in [1.807, 2.05) is 0 Å². The predicted molar refractivity (Wildman–Crippen MR) is 52.3 cm³/mol. The van der Waals surface area contributed by atoms with E-state index < -0.39 is 5.82 Å². The highest BCUT2D eigenvalue weighted by Crippen LogP contribution is 2.07. The molecule has 0 radical (unpaired) electrons. The molecule has 0 heterocycles.